The maximum absolute atomic E-state index is 12.6. The Hall–Kier alpha value is -3.21. The van der Waals surface area contributed by atoms with Gasteiger partial charge in [-0.1, -0.05) is 0 Å². The lowest BCUT2D eigenvalue weighted by molar-refractivity contribution is 0.104. The Balaban J connectivity index is 1.93. The fraction of sp³-hybridized carbons (Fsp3) is 0.150. The molecule has 0 aliphatic rings. The van der Waals surface area contributed by atoms with Gasteiger partial charge in [-0.05, 0) is 48.6 Å². The Morgan fingerprint density at radius 1 is 0.960 bits per heavy atom. The van der Waals surface area contributed by atoms with Crippen LogP contribution in [0, 0.1) is 0 Å². The maximum atomic E-state index is 12.6. The van der Waals surface area contributed by atoms with E-state index < -0.39 is 0 Å². The number of hydrogen-bond acceptors (Lipinski definition) is 4. The molecule has 0 aliphatic carbocycles. The molecule has 0 radical (unpaired) electrons. The zero-order chi connectivity index (χ0) is 17.8. The molecular weight excluding hydrogens is 318 g/mol. The minimum atomic E-state index is -0.159. The Labute approximate surface area is 145 Å². The SMILES string of the molecule is COc1ccc(OC)c(C(=O)/C=C/c2c[nH]c3ccc(OC)cc23)c1. The van der Waals surface area contributed by atoms with Gasteiger partial charge < -0.3 is 19.2 Å². The number of fused-ring (bicyclic) bond motifs is 1. The molecule has 1 heterocycles. The number of hydrogen-bond donors (Lipinski definition) is 1. The molecule has 2 aromatic carbocycles. The van der Waals surface area contributed by atoms with E-state index in [1.165, 1.54) is 13.2 Å². The molecule has 0 saturated carbocycles. The minimum Gasteiger partial charge on any atom is -0.497 e. The van der Waals surface area contributed by atoms with Crippen LogP contribution in [-0.2, 0) is 0 Å². The zero-order valence-electron chi connectivity index (χ0n) is 14.3. The summed E-state index contributed by atoms with van der Waals surface area (Å²) in [5, 5.41) is 0.987. The smallest absolute Gasteiger partial charge is 0.189 e. The van der Waals surface area contributed by atoms with E-state index in [-0.39, 0.29) is 5.78 Å². The second kappa shape index (κ2) is 7.13. The largest absolute Gasteiger partial charge is 0.497 e. The van der Waals surface area contributed by atoms with E-state index in [1.807, 2.05) is 24.4 Å². The molecule has 25 heavy (non-hydrogen) atoms. The lowest BCUT2D eigenvalue weighted by atomic mass is 10.1. The van der Waals surface area contributed by atoms with E-state index in [9.17, 15) is 4.79 Å². The first-order chi connectivity index (χ1) is 12.2. The average Bonchev–Trinajstić information content (AvgIpc) is 3.07. The van der Waals surface area contributed by atoms with Crippen molar-refractivity contribution in [3.63, 3.8) is 0 Å². The summed E-state index contributed by atoms with van der Waals surface area (Å²) in [6.45, 7) is 0. The van der Waals surface area contributed by atoms with Gasteiger partial charge in [-0.25, -0.2) is 0 Å². The quantitative estimate of drug-likeness (QED) is 0.544. The van der Waals surface area contributed by atoms with E-state index in [0.29, 0.717) is 17.1 Å². The van der Waals surface area contributed by atoms with E-state index in [0.717, 1.165) is 22.2 Å². The first kappa shape index (κ1) is 16.6. The summed E-state index contributed by atoms with van der Waals surface area (Å²) in [5.74, 6) is 1.72. The molecule has 3 aromatic rings. The van der Waals surface area contributed by atoms with Crippen molar-refractivity contribution in [2.75, 3.05) is 21.3 Å². The Kier molecular flexibility index (Phi) is 4.75. The van der Waals surface area contributed by atoms with Crippen LogP contribution in [0.5, 0.6) is 17.2 Å². The molecule has 5 heteroatoms. The fourth-order valence-electron chi connectivity index (χ4n) is 2.65. The maximum Gasteiger partial charge on any atom is 0.189 e. The molecular formula is C20H19NO4. The molecule has 0 saturated heterocycles. The van der Waals surface area contributed by atoms with Gasteiger partial charge in [0.05, 0.1) is 26.9 Å². The van der Waals surface area contributed by atoms with Crippen molar-refractivity contribution in [3.05, 3.63) is 59.8 Å². The number of aromatic nitrogens is 1. The van der Waals surface area contributed by atoms with Crippen LogP contribution in [0.4, 0.5) is 0 Å². The number of methoxy groups -OCH3 is 3. The summed E-state index contributed by atoms with van der Waals surface area (Å²) in [4.78, 5) is 15.8. The number of benzene rings is 2. The predicted octanol–water partition coefficient (Wildman–Crippen LogP) is 4.09. The molecule has 1 N–H and O–H groups in total. The van der Waals surface area contributed by atoms with Crippen molar-refractivity contribution in [3.8, 4) is 17.2 Å². The molecule has 5 nitrogen and oxygen atoms in total. The highest BCUT2D eigenvalue weighted by Crippen LogP contribution is 2.27. The highest BCUT2D eigenvalue weighted by molar-refractivity contribution is 6.09. The van der Waals surface area contributed by atoms with Gasteiger partial charge in [0, 0.05) is 22.7 Å². The van der Waals surface area contributed by atoms with E-state index >= 15 is 0 Å². The minimum absolute atomic E-state index is 0.159. The molecule has 128 valence electrons. The Bertz CT molecular complexity index is 940. The second-order valence-electron chi connectivity index (χ2n) is 5.42. The van der Waals surface area contributed by atoms with Gasteiger partial charge in [0.1, 0.15) is 17.2 Å². The molecule has 0 unspecified atom stereocenters. The Morgan fingerprint density at radius 2 is 1.68 bits per heavy atom. The average molecular weight is 337 g/mol. The van der Waals surface area contributed by atoms with E-state index in [2.05, 4.69) is 4.98 Å². The molecule has 0 fully saturated rings. The molecule has 0 spiro atoms. The Morgan fingerprint density at radius 3 is 2.40 bits per heavy atom. The van der Waals surface area contributed by atoms with Crippen molar-refractivity contribution in [2.24, 2.45) is 0 Å². The van der Waals surface area contributed by atoms with Crippen molar-refractivity contribution in [2.45, 2.75) is 0 Å². The summed E-state index contributed by atoms with van der Waals surface area (Å²) < 4.78 is 15.7. The van der Waals surface area contributed by atoms with Crippen molar-refractivity contribution >= 4 is 22.8 Å². The number of allylic oxidation sites excluding steroid dienone is 1. The standard InChI is InChI=1S/C20H19NO4/c1-23-14-5-7-18-16(10-14)13(12-21-18)4-8-19(22)17-11-15(24-2)6-9-20(17)25-3/h4-12,21H,1-3H3/b8-4+. The summed E-state index contributed by atoms with van der Waals surface area (Å²) in [6.07, 6.45) is 5.16. The van der Waals surface area contributed by atoms with Crippen LogP contribution in [0.1, 0.15) is 15.9 Å². The van der Waals surface area contributed by atoms with Crippen molar-refractivity contribution in [1.29, 1.82) is 0 Å². The fourth-order valence-corrected chi connectivity index (χ4v) is 2.65. The summed E-state index contributed by atoms with van der Waals surface area (Å²) >= 11 is 0. The number of nitrogens with one attached hydrogen (secondary N) is 1. The second-order valence-corrected chi connectivity index (χ2v) is 5.42. The normalized spacial score (nSPS) is 11.0. The predicted molar refractivity (Wildman–Crippen MR) is 97.8 cm³/mol. The van der Waals surface area contributed by atoms with Crippen LogP contribution in [0.15, 0.2) is 48.7 Å². The van der Waals surface area contributed by atoms with Gasteiger partial charge in [0.15, 0.2) is 5.78 Å². The van der Waals surface area contributed by atoms with Gasteiger partial charge in [-0.15, -0.1) is 0 Å². The third-order valence-corrected chi connectivity index (χ3v) is 4.01. The van der Waals surface area contributed by atoms with Gasteiger partial charge in [0.25, 0.3) is 0 Å². The lowest BCUT2D eigenvalue weighted by Gasteiger charge is -2.07. The lowest BCUT2D eigenvalue weighted by Crippen LogP contribution is -1.99. The summed E-state index contributed by atoms with van der Waals surface area (Å²) in [7, 11) is 4.72. The van der Waals surface area contributed by atoms with Crippen LogP contribution in [0.25, 0.3) is 17.0 Å². The van der Waals surface area contributed by atoms with Crippen LogP contribution < -0.4 is 14.2 Å². The zero-order valence-corrected chi connectivity index (χ0v) is 14.3. The number of aromatic amines is 1. The van der Waals surface area contributed by atoms with Crippen LogP contribution in [-0.4, -0.2) is 32.1 Å². The van der Waals surface area contributed by atoms with Gasteiger partial charge >= 0.3 is 0 Å². The molecule has 3 rings (SSSR count). The third-order valence-electron chi connectivity index (χ3n) is 4.01. The van der Waals surface area contributed by atoms with E-state index in [4.69, 9.17) is 14.2 Å². The number of ketones is 1. The monoisotopic (exact) mass is 337 g/mol. The number of ether oxygens (including phenoxy) is 3. The molecule has 0 bridgehead atoms. The highest BCUT2D eigenvalue weighted by Gasteiger charge is 2.11. The molecule has 0 amide bonds. The van der Waals surface area contributed by atoms with Crippen LogP contribution in [0.2, 0.25) is 0 Å². The topological polar surface area (TPSA) is 60.5 Å². The van der Waals surface area contributed by atoms with Gasteiger partial charge in [-0.3, -0.25) is 4.79 Å². The van der Waals surface area contributed by atoms with Crippen molar-refractivity contribution in [1.82, 2.24) is 4.98 Å². The van der Waals surface area contributed by atoms with Gasteiger partial charge in [-0.2, -0.15) is 0 Å². The molecule has 1 aromatic heterocycles. The summed E-state index contributed by atoms with van der Waals surface area (Å²) in [5.41, 5.74) is 2.34. The first-order valence-electron chi connectivity index (χ1n) is 7.76. The highest BCUT2D eigenvalue weighted by atomic mass is 16.5. The van der Waals surface area contributed by atoms with Crippen LogP contribution in [0.3, 0.4) is 0 Å². The number of rotatable bonds is 6. The number of carbonyl (C=O) groups is 1. The van der Waals surface area contributed by atoms with E-state index in [1.54, 1.807) is 38.5 Å². The third kappa shape index (κ3) is 3.35. The number of carbonyl (C=O) groups excluding carboxylic acids is 1. The first-order valence-corrected chi connectivity index (χ1v) is 7.76. The molecule has 0 atom stereocenters. The van der Waals surface area contributed by atoms with Gasteiger partial charge in [0.2, 0.25) is 0 Å². The number of H-pyrrole nitrogens is 1. The van der Waals surface area contributed by atoms with Crippen LogP contribution >= 0.6 is 0 Å². The van der Waals surface area contributed by atoms with Crippen molar-refractivity contribution < 1.29 is 19.0 Å². The summed E-state index contributed by atoms with van der Waals surface area (Å²) in [6, 6.07) is 10.9. The molecule has 0 aliphatic heterocycles.